The van der Waals surface area contributed by atoms with Crippen molar-refractivity contribution in [1.82, 2.24) is 5.32 Å². The molecule has 0 heterocycles. The average Bonchev–Trinajstić information content (AvgIpc) is 2.47. The van der Waals surface area contributed by atoms with Gasteiger partial charge in [0.2, 0.25) is 0 Å². The summed E-state index contributed by atoms with van der Waals surface area (Å²) in [6, 6.07) is 5.82. The molecule has 0 aliphatic rings. The molecule has 0 bridgehead atoms. The predicted molar refractivity (Wildman–Crippen MR) is 96.6 cm³/mol. The van der Waals surface area contributed by atoms with Crippen LogP contribution in [0, 0.1) is 11.8 Å². The number of halogens is 1. The molecule has 116 valence electrons. The van der Waals surface area contributed by atoms with Crippen molar-refractivity contribution in [2.45, 2.75) is 13.3 Å². The molecule has 21 heavy (non-hydrogen) atoms. The fraction of sp³-hybridized carbons (Fsp3) is 0.400. The van der Waals surface area contributed by atoms with Crippen molar-refractivity contribution in [1.29, 1.82) is 0 Å². The van der Waals surface area contributed by atoms with Gasteiger partial charge in [-0.2, -0.15) is 0 Å². The van der Waals surface area contributed by atoms with E-state index in [0.717, 1.165) is 23.5 Å². The fourth-order valence-corrected chi connectivity index (χ4v) is 1.62. The van der Waals surface area contributed by atoms with E-state index >= 15 is 0 Å². The van der Waals surface area contributed by atoms with Crippen molar-refractivity contribution in [3.05, 3.63) is 23.8 Å². The third kappa shape index (κ3) is 7.09. The largest absolute Gasteiger partial charge is 0.493 e. The molecular formula is C15H22IN3O2. The number of rotatable bonds is 6. The molecule has 1 rings (SSSR count). The summed E-state index contributed by atoms with van der Waals surface area (Å²) in [5.41, 5.74) is 6.82. The second-order valence-corrected chi connectivity index (χ2v) is 3.99. The molecule has 0 amide bonds. The third-order valence-electron chi connectivity index (χ3n) is 2.67. The number of methoxy groups -OCH3 is 2. The summed E-state index contributed by atoms with van der Waals surface area (Å²) in [5, 5.41) is 2.92. The first-order chi connectivity index (χ1) is 9.71. The summed E-state index contributed by atoms with van der Waals surface area (Å²) < 4.78 is 10.5. The van der Waals surface area contributed by atoms with Gasteiger partial charge in [-0.25, -0.2) is 0 Å². The minimum absolute atomic E-state index is 0. The Kier molecular flexibility index (Phi) is 10.2. The lowest BCUT2D eigenvalue weighted by molar-refractivity contribution is 0.354. The van der Waals surface area contributed by atoms with E-state index in [4.69, 9.17) is 15.2 Å². The molecule has 0 aliphatic carbocycles. The Labute approximate surface area is 143 Å². The number of guanidine groups is 1. The van der Waals surface area contributed by atoms with Crippen molar-refractivity contribution in [2.24, 2.45) is 10.7 Å². The number of nitrogens with zero attached hydrogens (tertiary/aromatic N) is 1. The van der Waals surface area contributed by atoms with Crippen LogP contribution in [0.4, 0.5) is 0 Å². The van der Waals surface area contributed by atoms with Gasteiger partial charge in [0.05, 0.1) is 20.8 Å². The first-order valence-corrected chi connectivity index (χ1v) is 6.35. The van der Waals surface area contributed by atoms with Crippen LogP contribution in [-0.4, -0.2) is 33.3 Å². The van der Waals surface area contributed by atoms with Crippen molar-refractivity contribution in [3.8, 4) is 23.3 Å². The quantitative estimate of drug-likeness (QED) is 0.329. The van der Waals surface area contributed by atoms with Gasteiger partial charge in [-0.3, -0.25) is 4.99 Å². The molecule has 5 nitrogen and oxygen atoms in total. The van der Waals surface area contributed by atoms with E-state index in [0.29, 0.717) is 19.0 Å². The normalized spacial score (nSPS) is 9.95. The van der Waals surface area contributed by atoms with Gasteiger partial charge in [-0.1, -0.05) is 12.0 Å². The number of ether oxygens (including phenoxy) is 2. The van der Waals surface area contributed by atoms with Crippen LogP contribution in [-0.2, 0) is 6.42 Å². The van der Waals surface area contributed by atoms with Gasteiger partial charge < -0.3 is 20.5 Å². The number of aliphatic imine (C=N–C) groups is 1. The highest BCUT2D eigenvalue weighted by Crippen LogP contribution is 2.27. The maximum absolute atomic E-state index is 5.71. The van der Waals surface area contributed by atoms with Crippen LogP contribution in [0.1, 0.15) is 12.5 Å². The van der Waals surface area contributed by atoms with Crippen LogP contribution in [0.5, 0.6) is 11.5 Å². The van der Waals surface area contributed by atoms with Crippen LogP contribution in [0.15, 0.2) is 23.2 Å². The summed E-state index contributed by atoms with van der Waals surface area (Å²) in [4.78, 5) is 4.23. The molecule has 0 spiro atoms. The molecule has 0 unspecified atom stereocenters. The molecule has 0 aromatic heterocycles. The van der Waals surface area contributed by atoms with Crippen molar-refractivity contribution < 1.29 is 9.47 Å². The number of nitrogens with two attached hydrogens (primary N) is 1. The number of hydrogen-bond donors (Lipinski definition) is 2. The van der Waals surface area contributed by atoms with Gasteiger partial charge in [0.1, 0.15) is 0 Å². The van der Waals surface area contributed by atoms with Crippen molar-refractivity contribution in [2.75, 3.05) is 27.3 Å². The summed E-state index contributed by atoms with van der Waals surface area (Å²) in [7, 11) is 3.24. The molecular weight excluding hydrogens is 381 g/mol. The average molecular weight is 403 g/mol. The molecule has 0 saturated carbocycles. The Morgan fingerprint density at radius 3 is 2.62 bits per heavy atom. The van der Waals surface area contributed by atoms with Gasteiger partial charge in [0, 0.05) is 6.54 Å². The van der Waals surface area contributed by atoms with Crippen LogP contribution >= 0.6 is 24.0 Å². The Balaban J connectivity index is 0.00000400. The van der Waals surface area contributed by atoms with Crippen molar-refractivity contribution in [3.63, 3.8) is 0 Å². The number of benzene rings is 1. The highest BCUT2D eigenvalue weighted by atomic mass is 127. The standard InChI is InChI=1S/C15H21N3O2.HI/c1-4-5-9-17-15(16)18-10-8-12-6-7-13(19-2)14(11-12)20-3;/h6-7,11H,8-10H2,1-3H3,(H3,16,17,18);1H. The van der Waals surface area contributed by atoms with E-state index in [1.807, 2.05) is 18.2 Å². The lowest BCUT2D eigenvalue weighted by Crippen LogP contribution is -2.32. The Hall–Kier alpha value is -1.62. The Morgan fingerprint density at radius 2 is 2.00 bits per heavy atom. The molecule has 3 N–H and O–H groups in total. The molecule has 1 aromatic carbocycles. The van der Waals surface area contributed by atoms with E-state index in [9.17, 15) is 0 Å². The van der Waals surface area contributed by atoms with E-state index < -0.39 is 0 Å². The van der Waals surface area contributed by atoms with Gasteiger partial charge >= 0.3 is 0 Å². The molecule has 0 atom stereocenters. The van der Waals surface area contributed by atoms with Crippen LogP contribution in [0.3, 0.4) is 0 Å². The SMILES string of the molecule is CC#CCNC(N)=NCCc1ccc(OC)c(OC)c1.I. The maximum Gasteiger partial charge on any atom is 0.189 e. The first kappa shape index (κ1) is 19.4. The third-order valence-corrected chi connectivity index (χ3v) is 2.67. The first-order valence-electron chi connectivity index (χ1n) is 6.35. The zero-order valence-corrected chi connectivity index (χ0v) is 14.9. The topological polar surface area (TPSA) is 68.9 Å². The van der Waals surface area contributed by atoms with Gasteiger partial charge in [-0.15, -0.1) is 29.9 Å². The second-order valence-electron chi connectivity index (χ2n) is 3.99. The number of hydrogen-bond acceptors (Lipinski definition) is 3. The van der Waals surface area contributed by atoms with Gasteiger partial charge in [0.15, 0.2) is 17.5 Å². The predicted octanol–water partition coefficient (Wildman–Crippen LogP) is 1.79. The molecule has 1 aromatic rings. The van der Waals surface area contributed by atoms with Crippen LogP contribution < -0.4 is 20.5 Å². The monoisotopic (exact) mass is 403 g/mol. The lowest BCUT2D eigenvalue weighted by Gasteiger charge is -2.09. The molecule has 0 saturated heterocycles. The highest BCUT2D eigenvalue weighted by Gasteiger charge is 2.04. The Bertz CT molecular complexity index is 521. The maximum atomic E-state index is 5.71. The zero-order chi connectivity index (χ0) is 14.8. The summed E-state index contributed by atoms with van der Waals surface area (Å²) in [6.45, 7) is 2.90. The van der Waals surface area contributed by atoms with E-state index in [-0.39, 0.29) is 24.0 Å². The molecule has 0 fully saturated rings. The smallest absolute Gasteiger partial charge is 0.189 e. The van der Waals surface area contributed by atoms with E-state index in [1.54, 1.807) is 21.1 Å². The molecule has 6 heteroatoms. The number of nitrogens with one attached hydrogen (secondary N) is 1. The lowest BCUT2D eigenvalue weighted by atomic mass is 10.1. The van der Waals surface area contributed by atoms with Crippen LogP contribution in [0.25, 0.3) is 0 Å². The fourth-order valence-electron chi connectivity index (χ4n) is 1.62. The summed E-state index contributed by atoms with van der Waals surface area (Å²) in [5.74, 6) is 7.49. The summed E-state index contributed by atoms with van der Waals surface area (Å²) in [6.07, 6.45) is 0.780. The van der Waals surface area contributed by atoms with Gasteiger partial charge in [-0.05, 0) is 31.0 Å². The Morgan fingerprint density at radius 1 is 1.29 bits per heavy atom. The summed E-state index contributed by atoms with van der Waals surface area (Å²) >= 11 is 0. The molecule has 0 radical (unpaired) electrons. The second kappa shape index (κ2) is 11.1. The van der Waals surface area contributed by atoms with E-state index in [1.165, 1.54) is 0 Å². The van der Waals surface area contributed by atoms with Crippen molar-refractivity contribution >= 4 is 29.9 Å². The van der Waals surface area contributed by atoms with E-state index in [2.05, 4.69) is 22.2 Å². The minimum atomic E-state index is 0. The zero-order valence-electron chi connectivity index (χ0n) is 12.6. The van der Waals surface area contributed by atoms with Gasteiger partial charge in [0.25, 0.3) is 0 Å². The highest BCUT2D eigenvalue weighted by molar-refractivity contribution is 14.0. The minimum Gasteiger partial charge on any atom is -0.493 e. The molecule has 0 aliphatic heterocycles. The van der Waals surface area contributed by atoms with Crippen LogP contribution in [0.2, 0.25) is 0 Å².